The van der Waals surface area contributed by atoms with Crippen LogP contribution in [0.4, 0.5) is 15.9 Å². The Balaban J connectivity index is 1.56. The molecule has 0 aliphatic carbocycles. The van der Waals surface area contributed by atoms with Crippen LogP contribution in [0.25, 0.3) is 21.8 Å². The third kappa shape index (κ3) is 4.26. The van der Waals surface area contributed by atoms with Gasteiger partial charge in [-0.05, 0) is 32.0 Å². The first-order chi connectivity index (χ1) is 16.7. The van der Waals surface area contributed by atoms with E-state index in [1.165, 1.54) is 23.1 Å². The largest absolute Gasteiger partial charge is 0.366 e. The number of primary amides is 1. The fraction of sp³-hybridized carbons (Fsp3) is 0.292. The summed E-state index contributed by atoms with van der Waals surface area (Å²) >= 11 is 0. The topological polar surface area (TPSA) is 131 Å². The van der Waals surface area contributed by atoms with E-state index in [-0.39, 0.29) is 34.4 Å². The van der Waals surface area contributed by atoms with Gasteiger partial charge in [0, 0.05) is 67.3 Å². The van der Waals surface area contributed by atoms with E-state index in [1.807, 2.05) is 0 Å². The molecule has 4 aromatic rings. The average Bonchev–Trinajstić information content (AvgIpc) is 3.18. The van der Waals surface area contributed by atoms with Crippen LogP contribution in [0.5, 0.6) is 0 Å². The normalized spacial score (nSPS) is 18.2. The predicted octanol–water partition coefficient (Wildman–Crippen LogP) is 2.19. The minimum Gasteiger partial charge on any atom is -0.366 e. The number of pyridine rings is 2. The second-order valence-electron chi connectivity index (χ2n) is 9.01. The van der Waals surface area contributed by atoms with Crippen molar-refractivity contribution in [1.82, 2.24) is 25.1 Å². The Morgan fingerprint density at radius 3 is 2.57 bits per heavy atom. The minimum atomic E-state index is -0.623. The van der Waals surface area contributed by atoms with E-state index in [0.29, 0.717) is 35.2 Å². The van der Waals surface area contributed by atoms with Gasteiger partial charge in [-0.15, -0.1) is 0 Å². The van der Waals surface area contributed by atoms with Crippen LogP contribution in [0, 0.1) is 5.82 Å². The summed E-state index contributed by atoms with van der Waals surface area (Å²) < 4.78 is 16.0. The number of carbonyl (C=O) groups excluding carboxylic acids is 2. The fourth-order valence-corrected chi connectivity index (χ4v) is 4.64. The molecule has 4 heterocycles. The molecule has 5 rings (SSSR count). The lowest BCUT2D eigenvalue weighted by molar-refractivity contribution is 0.0998. The number of piperazine rings is 1. The van der Waals surface area contributed by atoms with E-state index < -0.39 is 17.6 Å². The lowest BCUT2D eigenvalue weighted by Crippen LogP contribution is -2.54. The zero-order valence-corrected chi connectivity index (χ0v) is 19.5. The molecule has 1 saturated heterocycles. The molecule has 0 bridgehead atoms. The zero-order valence-electron chi connectivity index (χ0n) is 19.5. The second-order valence-corrected chi connectivity index (χ2v) is 9.01. The molecule has 0 saturated carbocycles. The van der Waals surface area contributed by atoms with Gasteiger partial charge in [-0.2, -0.15) is 5.10 Å². The average molecular weight is 477 g/mol. The Labute approximate surface area is 200 Å². The van der Waals surface area contributed by atoms with E-state index >= 15 is 0 Å². The Hall–Kier alpha value is -4.12. The number of aromatic nitrogens is 4. The van der Waals surface area contributed by atoms with Crippen LogP contribution in [0.1, 0.15) is 34.6 Å². The standard InChI is InChI=1S/C24H25FN8O2/c1-12-9-33(10-13(2)29-12)23-17-5-14(22(26)34)7-27-21(17)18(8-28-23)24(35)30-16-4-15-11-32(3)31-20(15)19(25)6-16/h4-8,11-13,29H,9-10H2,1-3H3,(H2,26,34)(H,30,35)/t12-,13-/m0/s1. The maximum Gasteiger partial charge on any atom is 0.259 e. The molecule has 1 aliphatic rings. The summed E-state index contributed by atoms with van der Waals surface area (Å²) in [7, 11) is 1.70. The van der Waals surface area contributed by atoms with Gasteiger partial charge < -0.3 is 21.3 Å². The van der Waals surface area contributed by atoms with Gasteiger partial charge in [-0.1, -0.05) is 0 Å². The smallest absolute Gasteiger partial charge is 0.259 e. The molecule has 0 unspecified atom stereocenters. The van der Waals surface area contributed by atoms with Gasteiger partial charge in [0.1, 0.15) is 11.3 Å². The van der Waals surface area contributed by atoms with Gasteiger partial charge in [-0.25, -0.2) is 9.37 Å². The first-order valence-electron chi connectivity index (χ1n) is 11.2. The molecular weight excluding hydrogens is 451 g/mol. The third-order valence-corrected chi connectivity index (χ3v) is 6.02. The Kier molecular flexibility index (Phi) is 5.56. The van der Waals surface area contributed by atoms with Crippen molar-refractivity contribution >= 4 is 45.1 Å². The molecular formula is C24H25FN8O2. The highest BCUT2D eigenvalue weighted by Crippen LogP contribution is 2.29. The second kappa shape index (κ2) is 8.58. The number of anilines is 2. The molecule has 2 amide bonds. The molecule has 2 atom stereocenters. The number of hydrogen-bond acceptors (Lipinski definition) is 7. The van der Waals surface area contributed by atoms with Crippen molar-refractivity contribution in [3.63, 3.8) is 0 Å². The summed E-state index contributed by atoms with van der Waals surface area (Å²) in [5, 5.41) is 11.4. The number of amides is 2. The van der Waals surface area contributed by atoms with Crippen molar-refractivity contribution in [3.05, 3.63) is 53.7 Å². The van der Waals surface area contributed by atoms with Gasteiger partial charge in [0.05, 0.1) is 16.6 Å². The number of hydrogen-bond donors (Lipinski definition) is 3. The van der Waals surface area contributed by atoms with Crippen molar-refractivity contribution in [3.8, 4) is 0 Å². The number of benzene rings is 1. The predicted molar refractivity (Wildman–Crippen MR) is 131 cm³/mol. The Bertz CT molecular complexity index is 1470. The van der Waals surface area contributed by atoms with Gasteiger partial charge in [0.25, 0.3) is 5.91 Å². The zero-order chi connectivity index (χ0) is 24.9. The molecule has 1 aromatic carbocycles. The van der Waals surface area contributed by atoms with Gasteiger partial charge >= 0.3 is 0 Å². The number of nitrogens with zero attached hydrogens (tertiary/aromatic N) is 5. The minimum absolute atomic E-state index is 0.197. The number of aryl methyl sites for hydroxylation is 1. The SMILES string of the molecule is C[C@H]1CN(c2ncc(C(=O)Nc3cc(F)c4nn(C)cc4c3)c3ncc(C(N)=O)cc23)C[C@H](C)N1. The highest BCUT2D eigenvalue weighted by molar-refractivity contribution is 6.14. The maximum atomic E-state index is 14.5. The Morgan fingerprint density at radius 1 is 1.11 bits per heavy atom. The van der Waals surface area contributed by atoms with E-state index in [9.17, 15) is 14.0 Å². The summed E-state index contributed by atoms with van der Waals surface area (Å²) in [4.78, 5) is 36.2. The van der Waals surface area contributed by atoms with Crippen LogP contribution in [0.2, 0.25) is 0 Å². The van der Waals surface area contributed by atoms with Crippen LogP contribution >= 0.6 is 0 Å². The number of rotatable bonds is 4. The first kappa shape index (κ1) is 22.7. The van der Waals surface area contributed by atoms with Gasteiger partial charge in [0.15, 0.2) is 5.82 Å². The highest BCUT2D eigenvalue weighted by atomic mass is 19.1. The van der Waals surface area contributed by atoms with Crippen LogP contribution < -0.4 is 21.3 Å². The number of nitrogens with one attached hydrogen (secondary N) is 2. The van der Waals surface area contributed by atoms with Crippen molar-refractivity contribution < 1.29 is 14.0 Å². The molecule has 10 nitrogen and oxygen atoms in total. The lowest BCUT2D eigenvalue weighted by atomic mass is 10.1. The number of nitrogens with two attached hydrogens (primary N) is 1. The lowest BCUT2D eigenvalue weighted by Gasteiger charge is -2.37. The van der Waals surface area contributed by atoms with E-state index in [2.05, 4.69) is 44.4 Å². The number of fused-ring (bicyclic) bond motifs is 2. The van der Waals surface area contributed by atoms with Crippen molar-refractivity contribution in [2.24, 2.45) is 12.8 Å². The molecule has 1 fully saturated rings. The number of halogens is 1. The van der Waals surface area contributed by atoms with Gasteiger partial charge in [-0.3, -0.25) is 19.3 Å². The molecule has 0 spiro atoms. The molecule has 0 radical (unpaired) electrons. The molecule has 1 aliphatic heterocycles. The first-order valence-corrected chi connectivity index (χ1v) is 11.2. The molecule has 180 valence electrons. The van der Waals surface area contributed by atoms with Crippen LogP contribution in [0.15, 0.2) is 36.8 Å². The van der Waals surface area contributed by atoms with E-state index in [1.54, 1.807) is 25.4 Å². The quantitative estimate of drug-likeness (QED) is 0.411. The molecule has 35 heavy (non-hydrogen) atoms. The molecule has 11 heteroatoms. The maximum absolute atomic E-state index is 14.5. The van der Waals surface area contributed by atoms with Crippen LogP contribution in [-0.2, 0) is 7.05 Å². The summed E-state index contributed by atoms with van der Waals surface area (Å²) in [6.45, 7) is 5.56. The summed E-state index contributed by atoms with van der Waals surface area (Å²) in [6.07, 6.45) is 4.47. The summed E-state index contributed by atoms with van der Waals surface area (Å²) in [5.74, 6) is -1.04. The number of carbonyl (C=O) groups is 2. The molecule has 4 N–H and O–H groups in total. The van der Waals surface area contributed by atoms with E-state index in [0.717, 1.165) is 0 Å². The van der Waals surface area contributed by atoms with Crippen molar-refractivity contribution in [1.29, 1.82) is 0 Å². The fourth-order valence-electron chi connectivity index (χ4n) is 4.64. The van der Waals surface area contributed by atoms with Crippen molar-refractivity contribution in [2.45, 2.75) is 25.9 Å². The van der Waals surface area contributed by atoms with E-state index in [4.69, 9.17) is 5.73 Å². The molecule has 3 aromatic heterocycles. The third-order valence-electron chi connectivity index (χ3n) is 6.02. The summed E-state index contributed by atoms with van der Waals surface area (Å²) in [6, 6.07) is 4.93. The van der Waals surface area contributed by atoms with Gasteiger partial charge in [0.2, 0.25) is 5.91 Å². The Morgan fingerprint density at radius 2 is 1.86 bits per heavy atom. The monoisotopic (exact) mass is 476 g/mol. The summed E-state index contributed by atoms with van der Waals surface area (Å²) in [5.41, 5.74) is 6.79. The highest BCUT2D eigenvalue weighted by Gasteiger charge is 2.26. The van der Waals surface area contributed by atoms with Crippen molar-refractivity contribution in [2.75, 3.05) is 23.3 Å². The van der Waals surface area contributed by atoms with Crippen LogP contribution in [-0.4, -0.2) is 56.7 Å². The van der Waals surface area contributed by atoms with Crippen LogP contribution in [0.3, 0.4) is 0 Å².